The molecule has 2 N–H and O–H groups in total. The number of nitrogens with zero attached hydrogens (tertiary/aromatic N) is 2. The third kappa shape index (κ3) is 3.62. The zero-order valence-corrected chi connectivity index (χ0v) is 19.3. The van der Waals surface area contributed by atoms with E-state index in [2.05, 4.69) is 0 Å². The molecule has 2 aromatic rings. The normalized spacial score (nSPS) is 25.3. The van der Waals surface area contributed by atoms with Gasteiger partial charge in [-0.3, -0.25) is 9.69 Å². The van der Waals surface area contributed by atoms with Gasteiger partial charge < -0.3 is 19.7 Å². The lowest BCUT2D eigenvalue weighted by molar-refractivity contribution is -0.131. The van der Waals surface area contributed by atoms with E-state index in [9.17, 15) is 15.0 Å². The monoisotopic (exact) mass is 466 g/mol. The van der Waals surface area contributed by atoms with Gasteiger partial charge >= 0.3 is 0 Å². The molecule has 0 radical (unpaired) electrons. The fourth-order valence-electron chi connectivity index (χ4n) is 4.98. The van der Waals surface area contributed by atoms with Gasteiger partial charge in [0.2, 0.25) is 5.91 Å². The van der Waals surface area contributed by atoms with Crippen molar-refractivity contribution in [1.82, 2.24) is 4.90 Å². The summed E-state index contributed by atoms with van der Waals surface area (Å²) in [6.45, 7) is 0. The van der Waals surface area contributed by atoms with Crippen molar-refractivity contribution in [2.75, 3.05) is 20.0 Å². The van der Waals surface area contributed by atoms with Crippen molar-refractivity contribution < 1.29 is 24.5 Å². The van der Waals surface area contributed by atoms with E-state index in [1.807, 2.05) is 36.4 Å². The average molecular weight is 467 g/mol. The molecule has 1 amide bonds. The molecule has 3 atom stereocenters. The topological polar surface area (TPSA) is 91.6 Å². The number of carbonyl (C=O) groups is 1. The predicted octanol–water partition coefficient (Wildman–Crippen LogP) is 3.59. The first kappa shape index (κ1) is 22.0. The number of ether oxygens (including phenoxy) is 2. The standard InChI is InChI=1S/C25H26N2O5S/c1-31-17-9-5-15(6-10-17)21(29)19-4-3-13-25(30)22(19)26-24-27(20(28)14-33-24)23(25)16-7-11-18(32-2)12-8-16/h5-12,21,23,29-30H,3-4,13-14H2,1-2H3. The molecule has 1 fully saturated rings. The van der Waals surface area contributed by atoms with Gasteiger partial charge in [0.05, 0.1) is 31.7 Å². The van der Waals surface area contributed by atoms with Crippen LogP contribution in [0.4, 0.5) is 0 Å². The Morgan fingerprint density at radius 3 is 2.36 bits per heavy atom. The Hall–Kier alpha value is -2.81. The second-order valence-corrected chi connectivity index (χ2v) is 9.39. The van der Waals surface area contributed by atoms with Gasteiger partial charge in [0.1, 0.15) is 23.2 Å². The Morgan fingerprint density at radius 1 is 1.09 bits per heavy atom. The number of aliphatic hydroxyl groups excluding tert-OH is 1. The van der Waals surface area contributed by atoms with Gasteiger partial charge in [-0.25, -0.2) is 4.99 Å². The van der Waals surface area contributed by atoms with E-state index in [1.54, 1.807) is 31.3 Å². The Labute approximate surface area is 196 Å². The number of hydrogen-bond acceptors (Lipinski definition) is 7. The maximum absolute atomic E-state index is 12.8. The van der Waals surface area contributed by atoms with E-state index in [-0.39, 0.29) is 11.7 Å². The number of hydrogen-bond donors (Lipinski definition) is 2. The van der Waals surface area contributed by atoms with Crippen LogP contribution in [0.25, 0.3) is 0 Å². The Morgan fingerprint density at radius 2 is 1.73 bits per heavy atom. The van der Waals surface area contributed by atoms with Crippen molar-refractivity contribution in [2.45, 2.75) is 37.0 Å². The summed E-state index contributed by atoms with van der Waals surface area (Å²) in [7, 11) is 3.20. The smallest absolute Gasteiger partial charge is 0.239 e. The molecule has 172 valence electrons. The first-order valence-electron chi connectivity index (χ1n) is 10.9. The minimum atomic E-state index is -1.40. The summed E-state index contributed by atoms with van der Waals surface area (Å²) in [5.41, 5.74) is 1.28. The van der Waals surface area contributed by atoms with E-state index in [0.29, 0.717) is 52.8 Å². The molecule has 0 saturated carbocycles. The van der Waals surface area contributed by atoms with Crippen LogP contribution in [-0.4, -0.2) is 51.8 Å². The fraction of sp³-hybridized carbons (Fsp3) is 0.360. The number of fused-ring (bicyclic) bond motifs is 2. The van der Waals surface area contributed by atoms with Gasteiger partial charge in [-0.05, 0) is 60.2 Å². The lowest BCUT2D eigenvalue weighted by Gasteiger charge is -2.47. The van der Waals surface area contributed by atoms with Crippen molar-refractivity contribution in [3.8, 4) is 11.5 Å². The molecular formula is C25H26N2O5S. The van der Waals surface area contributed by atoms with E-state index in [0.717, 1.165) is 5.56 Å². The number of rotatable bonds is 5. The number of amides is 1. The zero-order chi connectivity index (χ0) is 23.2. The van der Waals surface area contributed by atoms with Gasteiger partial charge in [-0.15, -0.1) is 0 Å². The van der Waals surface area contributed by atoms with Gasteiger partial charge in [-0.2, -0.15) is 0 Å². The highest BCUT2D eigenvalue weighted by Gasteiger charge is 2.55. The fourth-order valence-corrected chi connectivity index (χ4v) is 5.88. The number of benzene rings is 2. The van der Waals surface area contributed by atoms with Crippen molar-refractivity contribution >= 4 is 22.8 Å². The van der Waals surface area contributed by atoms with Crippen LogP contribution >= 0.6 is 11.8 Å². The minimum absolute atomic E-state index is 0.0742. The highest BCUT2D eigenvalue weighted by atomic mass is 32.2. The summed E-state index contributed by atoms with van der Waals surface area (Å²) in [4.78, 5) is 19.2. The van der Waals surface area contributed by atoms with Crippen LogP contribution in [0.5, 0.6) is 11.5 Å². The SMILES string of the molecule is COc1ccc(C(O)C2=C3N=C4SCC(=O)N4C(c4ccc(OC)cc4)C3(O)CCC2)cc1. The number of thioether (sulfide) groups is 1. The first-order chi connectivity index (χ1) is 16.0. The maximum atomic E-state index is 12.8. The first-order valence-corrected chi connectivity index (χ1v) is 11.9. The number of methoxy groups -OCH3 is 2. The molecule has 1 aliphatic carbocycles. The van der Waals surface area contributed by atoms with Crippen LogP contribution in [-0.2, 0) is 4.79 Å². The molecule has 0 aromatic heterocycles. The van der Waals surface area contributed by atoms with Crippen molar-refractivity contribution in [3.05, 3.63) is 70.9 Å². The molecular weight excluding hydrogens is 440 g/mol. The molecule has 5 rings (SSSR count). The van der Waals surface area contributed by atoms with Crippen LogP contribution in [0.15, 0.2) is 64.8 Å². The third-order valence-electron chi connectivity index (χ3n) is 6.63. The molecule has 8 heteroatoms. The minimum Gasteiger partial charge on any atom is -0.497 e. The highest BCUT2D eigenvalue weighted by molar-refractivity contribution is 8.15. The molecule has 1 saturated heterocycles. The lowest BCUT2D eigenvalue weighted by Crippen LogP contribution is -2.54. The molecule has 2 aliphatic heterocycles. The van der Waals surface area contributed by atoms with E-state index in [1.165, 1.54) is 11.8 Å². The molecule has 7 nitrogen and oxygen atoms in total. The van der Waals surface area contributed by atoms with Crippen LogP contribution in [0.1, 0.15) is 42.5 Å². The third-order valence-corrected chi connectivity index (χ3v) is 7.57. The summed E-state index contributed by atoms with van der Waals surface area (Å²) >= 11 is 1.37. The molecule has 2 aromatic carbocycles. The summed E-state index contributed by atoms with van der Waals surface area (Å²) in [6, 6.07) is 14.1. The number of aliphatic hydroxyl groups is 2. The quantitative estimate of drug-likeness (QED) is 0.700. The maximum Gasteiger partial charge on any atom is 0.239 e. The molecule has 0 spiro atoms. The van der Waals surface area contributed by atoms with E-state index in [4.69, 9.17) is 14.5 Å². The van der Waals surface area contributed by atoms with Gasteiger partial charge in [-0.1, -0.05) is 36.0 Å². The summed E-state index contributed by atoms with van der Waals surface area (Å²) < 4.78 is 10.5. The lowest BCUT2D eigenvalue weighted by atomic mass is 9.73. The van der Waals surface area contributed by atoms with Crippen molar-refractivity contribution in [2.24, 2.45) is 4.99 Å². The largest absolute Gasteiger partial charge is 0.497 e. The second kappa shape index (κ2) is 8.52. The van der Waals surface area contributed by atoms with Gasteiger partial charge in [0.25, 0.3) is 0 Å². The number of amidine groups is 1. The van der Waals surface area contributed by atoms with Crippen LogP contribution in [0, 0.1) is 0 Å². The van der Waals surface area contributed by atoms with Crippen LogP contribution < -0.4 is 9.47 Å². The molecule has 3 aliphatic rings. The molecule has 33 heavy (non-hydrogen) atoms. The Bertz CT molecular complexity index is 1130. The van der Waals surface area contributed by atoms with Crippen LogP contribution in [0.3, 0.4) is 0 Å². The van der Waals surface area contributed by atoms with Crippen molar-refractivity contribution in [3.63, 3.8) is 0 Å². The molecule has 0 bridgehead atoms. The predicted molar refractivity (Wildman–Crippen MR) is 126 cm³/mol. The summed E-state index contributed by atoms with van der Waals surface area (Å²) in [5, 5.41) is 24.0. The van der Waals surface area contributed by atoms with Gasteiger partial charge in [0, 0.05) is 0 Å². The molecule has 3 unspecified atom stereocenters. The highest BCUT2D eigenvalue weighted by Crippen LogP contribution is 2.52. The zero-order valence-electron chi connectivity index (χ0n) is 18.5. The Kier molecular flexibility index (Phi) is 5.68. The van der Waals surface area contributed by atoms with E-state index >= 15 is 0 Å². The van der Waals surface area contributed by atoms with E-state index < -0.39 is 17.7 Å². The Balaban J connectivity index is 1.64. The summed E-state index contributed by atoms with van der Waals surface area (Å²) in [6.07, 6.45) is 0.834. The van der Waals surface area contributed by atoms with Gasteiger partial charge in [0.15, 0.2) is 5.17 Å². The number of aliphatic imine (C=N–C) groups is 1. The van der Waals surface area contributed by atoms with Crippen LogP contribution in [0.2, 0.25) is 0 Å². The van der Waals surface area contributed by atoms with Crippen molar-refractivity contribution in [1.29, 1.82) is 0 Å². The molecule has 2 heterocycles. The number of carbonyl (C=O) groups excluding carboxylic acids is 1. The second-order valence-electron chi connectivity index (χ2n) is 8.45. The summed E-state index contributed by atoms with van der Waals surface area (Å²) in [5.74, 6) is 1.62. The average Bonchev–Trinajstić information content (AvgIpc) is 3.21.